The van der Waals surface area contributed by atoms with Gasteiger partial charge in [-0.3, -0.25) is 0 Å². The second-order valence-electron chi connectivity index (χ2n) is 6.04. The molecule has 26 heavy (non-hydrogen) atoms. The monoisotopic (exact) mass is 352 g/mol. The zero-order valence-electron chi connectivity index (χ0n) is 14.5. The van der Waals surface area contributed by atoms with E-state index in [1.165, 1.54) is 12.1 Å². The molecule has 0 spiro atoms. The lowest BCUT2D eigenvalue weighted by Crippen LogP contribution is -2.21. The summed E-state index contributed by atoms with van der Waals surface area (Å²) < 4.78 is 13.0. The number of hydrogen-bond donors (Lipinski definition) is 3. The Hall–Kier alpha value is -2.99. The molecule has 0 aliphatic carbocycles. The minimum Gasteiger partial charge on any atom is -0.394 e. The number of nitrogens with one attached hydrogen (secondary N) is 2. The Labute approximate surface area is 152 Å². The Balaban J connectivity index is 1.85. The fraction of sp³-hybridized carbons (Fsp3) is 0.200. The maximum absolute atomic E-state index is 13.0. The Morgan fingerprint density at radius 1 is 1.04 bits per heavy atom. The van der Waals surface area contributed by atoms with Crippen molar-refractivity contribution in [2.75, 3.05) is 17.2 Å². The third-order valence-corrected chi connectivity index (χ3v) is 3.83. The van der Waals surface area contributed by atoms with Crippen LogP contribution in [0.3, 0.4) is 0 Å². The molecular formula is C20H21FN4O. The van der Waals surface area contributed by atoms with Gasteiger partial charge < -0.3 is 15.7 Å². The van der Waals surface area contributed by atoms with Crippen LogP contribution in [0.25, 0.3) is 11.3 Å². The average Bonchev–Trinajstić information content (AvgIpc) is 2.68. The van der Waals surface area contributed by atoms with Crippen LogP contribution in [0.4, 0.5) is 16.2 Å². The zero-order chi connectivity index (χ0) is 18.4. The Morgan fingerprint density at radius 2 is 1.77 bits per heavy atom. The van der Waals surface area contributed by atoms with Gasteiger partial charge in [-0.05, 0) is 24.6 Å². The number of aromatic nitrogens is 2. The summed E-state index contributed by atoms with van der Waals surface area (Å²) in [5.74, 6) is 0.831. The predicted octanol–water partition coefficient (Wildman–Crippen LogP) is 3.69. The van der Waals surface area contributed by atoms with Crippen molar-refractivity contribution in [1.82, 2.24) is 9.97 Å². The third-order valence-electron chi connectivity index (χ3n) is 3.83. The van der Waals surface area contributed by atoms with E-state index in [4.69, 9.17) is 0 Å². The van der Waals surface area contributed by atoms with Crippen LogP contribution in [-0.2, 0) is 6.54 Å². The van der Waals surface area contributed by atoms with Crippen LogP contribution in [0.2, 0.25) is 0 Å². The normalized spacial score (nSPS) is 11.8. The number of benzene rings is 2. The highest BCUT2D eigenvalue weighted by atomic mass is 19.1. The second-order valence-corrected chi connectivity index (χ2v) is 6.04. The zero-order valence-corrected chi connectivity index (χ0v) is 14.5. The molecule has 3 N–H and O–H groups in total. The van der Waals surface area contributed by atoms with Crippen LogP contribution in [0.5, 0.6) is 0 Å². The van der Waals surface area contributed by atoms with E-state index in [1.54, 1.807) is 12.1 Å². The van der Waals surface area contributed by atoms with E-state index in [9.17, 15) is 9.50 Å². The largest absolute Gasteiger partial charge is 0.394 e. The van der Waals surface area contributed by atoms with E-state index in [0.717, 1.165) is 16.8 Å². The van der Waals surface area contributed by atoms with Gasteiger partial charge in [0.15, 0.2) is 0 Å². The van der Waals surface area contributed by atoms with Gasteiger partial charge in [-0.15, -0.1) is 0 Å². The van der Waals surface area contributed by atoms with Crippen molar-refractivity contribution in [3.05, 3.63) is 72.0 Å². The molecule has 0 saturated carbocycles. The Morgan fingerprint density at radius 3 is 2.46 bits per heavy atom. The number of aliphatic hydroxyl groups is 1. The Bertz CT molecular complexity index is 840. The lowest BCUT2D eigenvalue weighted by atomic mass is 10.1. The van der Waals surface area contributed by atoms with Gasteiger partial charge >= 0.3 is 0 Å². The van der Waals surface area contributed by atoms with Crippen molar-refractivity contribution in [2.24, 2.45) is 0 Å². The summed E-state index contributed by atoms with van der Waals surface area (Å²) in [6, 6.07) is 17.8. The lowest BCUT2D eigenvalue weighted by Gasteiger charge is -2.14. The number of hydrogen-bond acceptors (Lipinski definition) is 5. The van der Waals surface area contributed by atoms with Crippen molar-refractivity contribution in [3.63, 3.8) is 0 Å². The number of halogens is 1. The Kier molecular flexibility index (Phi) is 5.76. The molecule has 2 aromatic carbocycles. The first-order valence-electron chi connectivity index (χ1n) is 8.44. The molecule has 1 atom stereocenters. The van der Waals surface area contributed by atoms with Gasteiger partial charge in [0, 0.05) is 24.2 Å². The van der Waals surface area contributed by atoms with Crippen LogP contribution in [0, 0.1) is 5.82 Å². The van der Waals surface area contributed by atoms with Gasteiger partial charge in [-0.25, -0.2) is 9.37 Å². The molecule has 0 aliphatic heterocycles. The minimum absolute atomic E-state index is 0.0166. The van der Waals surface area contributed by atoms with E-state index in [2.05, 4.69) is 20.6 Å². The van der Waals surface area contributed by atoms with E-state index >= 15 is 0 Å². The first-order valence-corrected chi connectivity index (χ1v) is 8.44. The van der Waals surface area contributed by atoms with Crippen molar-refractivity contribution < 1.29 is 9.50 Å². The molecule has 0 amide bonds. The van der Waals surface area contributed by atoms with Gasteiger partial charge in [0.1, 0.15) is 11.6 Å². The molecule has 1 heterocycles. The maximum atomic E-state index is 13.0. The maximum Gasteiger partial charge on any atom is 0.225 e. The lowest BCUT2D eigenvalue weighted by molar-refractivity contribution is 0.281. The molecule has 6 heteroatoms. The summed E-state index contributed by atoms with van der Waals surface area (Å²) in [5, 5.41) is 15.6. The molecule has 0 saturated heterocycles. The molecule has 0 radical (unpaired) electrons. The van der Waals surface area contributed by atoms with Crippen LogP contribution < -0.4 is 10.6 Å². The molecule has 0 aliphatic rings. The average molecular weight is 352 g/mol. The van der Waals surface area contributed by atoms with E-state index < -0.39 is 0 Å². The standard InChI is InChI=1S/C20H21FN4O/c1-14(13-26)23-20-24-18(16-5-3-2-4-6-16)11-19(25-20)22-12-15-7-9-17(21)10-8-15/h2-11,14,26H,12-13H2,1H3,(H2,22,23,24,25)/t14-/m1/s1. The molecular weight excluding hydrogens is 331 g/mol. The van der Waals surface area contributed by atoms with Gasteiger partial charge in [-0.2, -0.15) is 4.98 Å². The summed E-state index contributed by atoms with van der Waals surface area (Å²) in [4.78, 5) is 9.00. The summed E-state index contributed by atoms with van der Waals surface area (Å²) in [7, 11) is 0. The van der Waals surface area contributed by atoms with E-state index in [1.807, 2.05) is 43.3 Å². The van der Waals surface area contributed by atoms with Gasteiger partial charge in [0.05, 0.1) is 12.3 Å². The fourth-order valence-electron chi connectivity index (χ4n) is 2.42. The molecule has 0 unspecified atom stereocenters. The van der Waals surface area contributed by atoms with Crippen LogP contribution >= 0.6 is 0 Å². The number of anilines is 2. The van der Waals surface area contributed by atoms with Crippen molar-refractivity contribution in [3.8, 4) is 11.3 Å². The molecule has 3 rings (SSSR count). The second kappa shape index (κ2) is 8.40. The number of nitrogens with zero attached hydrogens (tertiary/aromatic N) is 2. The molecule has 3 aromatic rings. The van der Waals surface area contributed by atoms with Crippen molar-refractivity contribution in [1.29, 1.82) is 0 Å². The first kappa shape index (κ1) is 17.8. The minimum atomic E-state index is -0.258. The molecule has 0 fully saturated rings. The molecule has 134 valence electrons. The molecule has 5 nitrogen and oxygen atoms in total. The van der Waals surface area contributed by atoms with Crippen molar-refractivity contribution >= 4 is 11.8 Å². The summed E-state index contributed by atoms with van der Waals surface area (Å²) in [6.07, 6.45) is 0. The van der Waals surface area contributed by atoms with Crippen LogP contribution in [0.15, 0.2) is 60.7 Å². The molecule has 0 bridgehead atoms. The van der Waals surface area contributed by atoms with E-state index in [0.29, 0.717) is 18.3 Å². The highest BCUT2D eigenvalue weighted by Crippen LogP contribution is 2.22. The first-order chi connectivity index (χ1) is 12.6. The predicted molar refractivity (Wildman–Crippen MR) is 101 cm³/mol. The van der Waals surface area contributed by atoms with Crippen LogP contribution in [-0.4, -0.2) is 27.7 Å². The highest BCUT2D eigenvalue weighted by molar-refractivity contribution is 5.64. The van der Waals surface area contributed by atoms with Crippen molar-refractivity contribution in [2.45, 2.75) is 19.5 Å². The quantitative estimate of drug-likeness (QED) is 0.605. The molecule has 1 aromatic heterocycles. The van der Waals surface area contributed by atoms with Gasteiger partial charge in [-0.1, -0.05) is 42.5 Å². The topological polar surface area (TPSA) is 70.1 Å². The summed E-state index contributed by atoms with van der Waals surface area (Å²) in [5.41, 5.74) is 2.69. The van der Waals surface area contributed by atoms with Gasteiger partial charge in [0.25, 0.3) is 0 Å². The smallest absolute Gasteiger partial charge is 0.225 e. The third kappa shape index (κ3) is 4.77. The number of rotatable bonds is 7. The highest BCUT2D eigenvalue weighted by Gasteiger charge is 2.09. The van der Waals surface area contributed by atoms with Gasteiger partial charge in [0.2, 0.25) is 5.95 Å². The van der Waals surface area contributed by atoms with Crippen LogP contribution in [0.1, 0.15) is 12.5 Å². The van der Waals surface area contributed by atoms with E-state index in [-0.39, 0.29) is 18.5 Å². The fourth-order valence-corrected chi connectivity index (χ4v) is 2.42. The SMILES string of the molecule is C[C@H](CO)Nc1nc(NCc2ccc(F)cc2)cc(-c2ccccc2)n1. The summed E-state index contributed by atoms with van der Waals surface area (Å²) >= 11 is 0. The number of aliphatic hydroxyl groups excluding tert-OH is 1. The summed E-state index contributed by atoms with van der Waals surface area (Å²) in [6.45, 7) is 2.35.